The zero-order valence-corrected chi connectivity index (χ0v) is 24.5. The molecule has 43 heavy (non-hydrogen) atoms. The normalized spacial score (nSPS) is 10.4. The molecule has 0 aliphatic heterocycles. The van der Waals surface area contributed by atoms with Crippen LogP contribution in [0.5, 0.6) is 5.75 Å². The maximum Gasteiger partial charge on any atom is 0.338 e. The average Bonchev–Trinajstić information content (AvgIpc) is 3.00. The highest BCUT2D eigenvalue weighted by atomic mass is 16.6. The van der Waals surface area contributed by atoms with Gasteiger partial charge in [0.05, 0.1) is 11.5 Å². The lowest BCUT2D eigenvalue weighted by atomic mass is 9.99. The Bertz CT molecular complexity index is 1480. The van der Waals surface area contributed by atoms with Crippen LogP contribution in [0.1, 0.15) is 31.1 Å². The topological polar surface area (TPSA) is 105 Å². The minimum Gasteiger partial charge on any atom is -0.462 e. The molecule has 0 aromatic heterocycles. The first-order valence-electron chi connectivity index (χ1n) is 13.5. The molecule has 0 aliphatic rings. The van der Waals surface area contributed by atoms with E-state index in [2.05, 4.69) is 19.7 Å². The van der Waals surface area contributed by atoms with Gasteiger partial charge in [-0.25, -0.2) is 19.2 Å². The maximum atomic E-state index is 12.7. The number of benzene rings is 3. The standard InChI is InChI=1S/C35H34O8/c1-22(2)32(36)40-19-25(20-41-33(37)23(3)4)21-42-35(39)30-13-11-28(12-14-30)26-7-9-27(10-8-26)29-15-17-31(18-16-29)43-34(38)24(5)6/h7-18,25H,1,3,5,19-21H2,2,4,6H3. The smallest absolute Gasteiger partial charge is 0.338 e. The van der Waals surface area contributed by atoms with Gasteiger partial charge in [0.2, 0.25) is 0 Å². The molecule has 0 aliphatic carbocycles. The lowest BCUT2D eigenvalue weighted by molar-refractivity contribution is -0.145. The molecule has 3 aromatic rings. The van der Waals surface area contributed by atoms with E-state index in [9.17, 15) is 19.2 Å². The van der Waals surface area contributed by atoms with Gasteiger partial charge in [-0.3, -0.25) is 0 Å². The van der Waals surface area contributed by atoms with Gasteiger partial charge in [0, 0.05) is 16.7 Å². The predicted octanol–water partition coefficient (Wildman–Crippen LogP) is 6.51. The van der Waals surface area contributed by atoms with E-state index in [-0.39, 0.29) is 31.0 Å². The molecule has 0 saturated carbocycles. The van der Waals surface area contributed by atoms with Crippen molar-refractivity contribution in [2.24, 2.45) is 5.92 Å². The van der Waals surface area contributed by atoms with E-state index >= 15 is 0 Å². The van der Waals surface area contributed by atoms with Gasteiger partial charge in [0.1, 0.15) is 25.6 Å². The minimum atomic E-state index is -0.592. The Kier molecular flexibility index (Phi) is 11.3. The van der Waals surface area contributed by atoms with Crippen LogP contribution in [0.2, 0.25) is 0 Å². The van der Waals surface area contributed by atoms with Gasteiger partial charge in [0.15, 0.2) is 0 Å². The van der Waals surface area contributed by atoms with Crippen LogP contribution in [-0.2, 0) is 28.6 Å². The van der Waals surface area contributed by atoms with Gasteiger partial charge in [-0.1, -0.05) is 68.3 Å². The number of rotatable bonds is 13. The Morgan fingerprint density at radius 3 is 1.28 bits per heavy atom. The van der Waals surface area contributed by atoms with Crippen molar-refractivity contribution in [3.63, 3.8) is 0 Å². The largest absolute Gasteiger partial charge is 0.462 e. The van der Waals surface area contributed by atoms with E-state index in [0.29, 0.717) is 16.9 Å². The van der Waals surface area contributed by atoms with Crippen molar-refractivity contribution in [1.29, 1.82) is 0 Å². The third kappa shape index (κ3) is 9.67. The zero-order valence-electron chi connectivity index (χ0n) is 24.5. The van der Waals surface area contributed by atoms with Gasteiger partial charge in [-0.05, 0) is 67.3 Å². The third-order valence-electron chi connectivity index (χ3n) is 6.13. The first-order chi connectivity index (χ1) is 20.4. The third-order valence-corrected chi connectivity index (χ3v) is 6.13. The number of hydrogen-bond donors (Lipinski definition) is 0. The van der Waals surface area contributed by atoms with Crippen LogP contribution in [-0.4, -0.2) is 43.7 Å². The van der Waals surface area contributed by atoms with Crippen LogP contribution in [0.4, 0.5) is 0 Å². The lowest BCUT2D eigenvalue weighted by Crippen LogP contribution is -2.26. The number of hydrogen-bond acceptors (Lipinski definition) is 8. The van der Waals surface area contributed by atoms with Gasteiger partial charge < -0.3 is 18.9 Å². The number of carbonyl (C=O) groups excluding carboxylic acids is 4. The molecule has 3 aromatic carbocycles. The second-order valence-electron chi connectivity index (χ2n) is 10.1. The minimum absolute atomic E-state index is 0.121. The highest BCUT2D eigenvalue weighted by Crippen LogP contribution is 2.27. The van der Waals surface area contributed by atoms with E-state index in [1.807, 2.05) is 48.5 Å². The molecule has 3 rings (SSSR count). The van der Waals surface area contributed by atoms with Crippen molar-refractivity contribution < 1.29 is 38.1 Å². The van der Waals surface area contributed by atoms with E-state index in [0.717, 1.165) is 22.3 Å². The van der Waals surface area contributed by atoms with Gasteiger partial charge in [-0.15, -0.1) is 0 Å². The summed E-state index contributed by atoms with van der Waals surface area (Å²) < 4.78 is 21.0. The van der Waals surface area contributed by atoms with Crippen LogP contribution >= 0.6 is 0 Å². The van der Waals surface area contributed by atoms with Crippen molar-refractivity contribution in [2.45, 2.75) is 20.8 Å². The summed E-state index contributed by atoms with van der Waals surface area (Å²) in [5.74, 6) is -2.35. The van der Waals surface area contributed by atoms with Gasteiger partial charge >= 0.3 is 23.9 Å². The molecule has 0 bridgehead atoms. The molecule has 0 spiro atoms. The van der Waals surface area contributed by atoms with Crippen molar-refractivity contribution in [3.05, 3.63) is 115 Å². The molecule has 0 N–H and O–H groups in total. The second-order valence-corrected chi connectivity index (χ2v) is 10.1. The molecule has 0 radical (unpaired) electrons. The monoisotopic (exact) mass is 582 g/mol. The van der Waals surface area contributed by atoms with Crippen molar-refractivity contribution in [3.8, 4) is 28.0 Å². The summed E-state index contributed by atoms with van der Waals surface area (Å²) in [7, 11) is 0. The molecule has 8 nitrogen and oxygen atoms in total. The summed E-state index contributed by atoms with van der Waals surface area (Å²) in [6.07, 6.45) is 0. The molecule has 0 unspecified atom stereocenters. The fourth-order valence-electron chi connectivity index (χ4n) is 3.62. The van der Waals surface area contributed by atoms with Crippen molar-refractivity contribution in [2.75, 3.05) is 19.8 Å². The molecule has 0 heterocycles. The van der Waals surface area contributed by atoms with E-state index in [1.54, 1.807) is 31.2 Å². The first kappa shape index (κ1) is 32.3. The fraction of sp³-hybridized carbons (Fsp3) is 0.200. The molecule has 0 amide bonds. The Hall–Kier alpha value is -5.24. The molecule has 0 fully saturated rings. The van der Waals surface area contributed by atoms with Crippen LogP contribution < -0.4 is 4.74 Å². The summed E-state index contributed by atoms with van der Waals surface area (Å²) in [5.41, 5.74) is 4.92. The number of esters is 4. The van der Waals surface area contributed by atoms with Crippen LogP contribution in [0.15, 0.2) is 109 Å². The molecule has 0 saturated heterocycles. The van der Waals surface area contributed by atoms with Crippen LogP contribution in [0.3, 0.4) is 0 Å². The summed E-state index contributed by atoms with van der Waals surface area (Å²) in [4.78, 5) is 48.0. The Balaban J connectivity index is 1.60. The first-order valence-corrected chi connectivity index (χ1v) is 13.5. The SMILES string of the molecule is C=C(C)C(=O)OCC(COC(=O)C(=C)C)COC(=O)c1ccc(-c2ccc(-c3ccc(OC(=O)C(=C)C)cc3)cc2)cc1. The zero-order chi connectivity index (χ0) is 31.5. The molecule has 8 heteroatoms. The summed E-state index contributed by atoms with van der Waals surface area (Å²) in [6.45, 7) is 14.9. The second kappa shape index (κ2) is 15.1. The quantitative estimate of drug-likeness (QED) is 0.0972. The average molecular weight is 583 g/mol. The summed E-state index contributed by atoms with van der Waals surface area (Å²) in [5, 5.41) is 0. The summed E-state index contributed by atoms with van der Waals surface area (Å²) in [6, 6.07) is 22.1. The van der Waals surface area contributed by atoms with E-state index in [4.69, 9.17) is 18.9 Å². The summed E-state index contributed by atoms with van der Waals surface area (Å²) >= 11 is 0. The molecular weight excluding hydrogens is 548 g/mol. The van der Waals surface area contributed by atoms with Gasteiger partial charge in [0.25, 0.3) is 0 Å². The van der Waals surface area contributed by atoms with Crippen LogP contribution in [0.25, 0.3) is 22.3 Å². The fourth-order valence-corrected chi connectivity index (χ4v) is 3.62. The predicted molar refractivity (Wildman–Crippen MR) is 163 cm³/mol. The van der Waals surface area contributed by atoms with E-state index < -0.39 is 29.8 Å². The molecular formula is C35H34O8. The number of carbonyl (C=O) groups is 4. The van der Waals surface area contributed by atoms with Gasteiger partial charge in [-0.2, -0.15) is 0 Å². The van der Waals surface area contributed by atoms with E-state index in [1.165, 1.54) is 13.8 Å². The Morgan fingerprint density at radius 1 is 0.535 bits per heavy atom. The molecule has 0 atom stereocenters. The Labute approximate surface area is 251 Å². The van der Waals surface area contributed by atoms with Crippen LogP contribution in [0, 0.1) is 5.92 Å². The lowest BCUT2D eigenvalue weighted by Gasteiger charge is -2.17. The highest BCUT2D eigenvalue weighted by Gasteiger charge is 2.19. The van der Waals surface area contributed by atoms with Crippen molar-refractivity contribution >= 4 is 23.9 Å². The Morgan fingerprint density at radius 2 is 0.884 bits per heavy atom. The molecule has 222 valence electrons. The van der Waals surface area contributed by atoms with Crippen molar-refractivity contribution in [1.82, 2.24) is 0 Å². The maximum absolute atomic E-state index is 12.7. The highest BCUT2D eigenvalue weighted by molar-refractivity contribution is 5.90. The number of ether oxygens (including phenoxy) is 4.